The molecule has 0 heterocycles. The first kappa shape index (κ1) is 18.2. The summed E-state index contributed by atoms with van der Waals surface area (Å²) in [5.41, 5.74) is 10.9. The highest BCUT2D eigenvalue weighted by atomic mass is 16.3. The van der Waals surface area contributed by atoms with E-state index in [4.69, 9.17) is 5.53 Å². The molecule has 25 heavy (non-hydrogen) atoms. The lowest BCUT2D eigenvalue weighted by Crippen LogP contribution is -2.20. The highest BCUT2D eigenvalue weighted by Crippen LogP contribution is 2.39. The van der Waals surface area contributed by atoms with Gasteiger partial charge in [0.2, 0.25) is 0 Å². The fourth-order valence-electron chi connectivity index (χ4n) is 2.48. The van der Waals surface area contributed by atoms with E-state index in [-0.39, 0.29) is 18.0 Å². The Morgan fingerprint density at radius 2 is 1.80 bits per heavy atom. The summed E-state index contributed by atoms with van der Waals surface area (Å²) < 4.78 is 0. The van der Waals surface area contributed by atoms with Gasteiger partial charge >= 0.3 is 0 Å². The lowest BCUT2D eigenvalue weighted by molar-refractivity contribution is 0.462. The van der Waals surface area contributed by atoms with Gasteiger partial charge in [-0.05, 0) is 37.1 Å². The molecule has 8 nitrogen and oxygen atoms in total. The van der Waals surface area contributed by atoms with Gasteiger partial charge in [0.15, 0.2) is 0 Å². The van der Waals surface area contributed by atoms with Crippen molar-refractivity contribution in [2.75, 3.05) is 30.4 Å². The summed E-state index contributed by atoms with van der Waals surface area (Å²) in [6.45, 7) is 4.12. The minimum absolute atomic E-state index is 0.0270. The summed E-state index contributed by atoms with van der Waals surface area (Å²) in [5.74, 6) is -0.0640. The van der Waals surface area contributed by atoms with Crippen LogP contribution in [0.2, 0.25) is 0 Å². The molecule has 0 aliphatic rings. The van der Waals surface area contributed by atoms with Crippen LogP contribution in [0.1, 0.15) is 11.1 Å². The molecule has 132 valence electrons. The summed E-state index contributed by atoms with van der Waals surface area (Å²) in [7, 11) is 1.70. The molecule has 0 unspecified atom stereocenters. The maximum atomic E-state index is 10.3. The molecule has 0 spiro atoms. The third kappa shape index (κ3) is 4.03. The van der Waals surface area contributed by atoms with Gasteiger partial charge in [0.05, 0.1) is 23.6 Å². The number of nitroso groups, excluding NO2 is 1. The Morgan fingerprint density at radius 3 is 2.44 bits per heavy atom. The Hall–Kier alpha value is -3.16. The largest absolute Gasteiger partial charge is 0.506 e. The Bertz CT molecular complexity index is 807. The van der Waals surface area contributed by atoms with Crippen molar-refractivity contribution in [3.05, 3.63) is 40.3 Å². The predicted octanol–water partition coefficient (Wildman–Crippen LogP) is 4.32. The van der Waals surface area contributed by atoms with Gasteiger partial charge in [-0.3, -0.25) is 0 Å². The van der Waals surface area contributed by atoms with Crippen LogP contribution >= 0.6 is 0 Å². The van der Waals surface area contributed by atoms with Crippen LogP contribution in [0.5, 0.6) is 11.5 Å². The lowest BCUT2D eigenvalue weighted by Gasteiger charge is -2.21. The Labute approximate surface area is 145 Å². The van der Waals surface area contributed by atoms with Crippen LogP contribution in [0.3, 0.4) is 0 Å². The van der Waals surface area contributed by atoms with Gasteiger partial charge in [-0.2, -0.15) is 10.0 Å². The van der Waals surface area contributed by atoms with E-state index < -0.39 is 0 Å². The van der Waals surface area contributed by atoms with Gasteiger partial charge < -0.3 is 20.4 Å². The van der Waals surface area contributed by atoms with E-state index in [2.05, 4.69) is 15.6 Å². The number of nitrogens with zero attached hydrogens (tertiary/aromatic N) is 3. The molecule has 2 aromatic rings. The fraction of sp³-hybridized carbons (Fsp3) is 0.294. The molecular weight excluding hydrogens is 322 g/mol. The molecule has 2 aromatic carbocycles. The number of hydrogen-bond donors (Lipinski definition) is 4. The third-order valence-electron chi connectivity index (χ3n) is 3.96. The van der Waals surface area contributed by atoms with E-state index in [0.29, 0.717) is 23.6 Å². The maximum Gasteiger partial charge on any atom is 0.141 e. The second-order valence-electron chi connectivity index (χ2n) is 5.82. The van der Waals surface area contributed by atoms with Crippen molar-refractivity contribution in [2.45, 2.75) is 13.8 Å². The van der Waals surface area contributed by atoms with Crippen LogP contribution < -0.4 is 10.2 Å². The van der Waals surface area contributed by atoms with Crippen LogP contribution in [0.25, 0.3) is 0 Å². The number of phenolic OH excluding ortho intramolecular Hbond substituents is 2. The first-order chi connectivity index (χ1) is 11.9. The molecule has 0 saturated heterocycles. The smallest absolute Gasteiger partial charge is 0.141 e. The van der Waals surface area contributed by atoms with Gasteiger partial charge in [-0.15, -0.1) is 0 Å². The van der Waals surface area contributed by atoms with Crippen molar-refractivity contribution in [1.82, 2.24) is 0 Å². The second kappa shape index (κ2) is 7.61. The van der Waals surface area contributed by atoms with Crippen LogP contribution in [0, 0.1) is 24.3 Å². The third-order valence-corrected chi connectivity index (χ3v) is 3.96. The molecule has 0 aromatic heterocycles. The summed E-state index contributed by atoms with van der Waals surface area (Å²) in [4.78, 5) is 11.9. The number of phenols is 2. The summed E-state index contributed by atoms with van der Waals surface area (Å²) in [5, 5.41) is 29.8. The Morgan fingerprint density at radius 1 is 1.08 bits per heavy atom. The highest BCUT2D eigenvalue weighted by Gasteiger charge is 2.14. The van der Waals surface area contributed by atoms with Gasteiger partial charge in [-0.25, -0.2) is 5.53 Å². The SMILES string of the molecule is Cc1cc(Nc2cc(O)c(N(C)CCN=O)cc2O)c(C)cc1N=N. The van der Waals surface area contributed by atoms with E-state index in [1.807, 2.05) is 19.9 Å². The van der Waals surface area contributed by atoms with Crippen molar-refractivity contribution in [3.8, 4) is 11.5 Å². The molecule has 4 N–H and O–H groups in total. The Kier molecular flexibility index (Phi) is 5.53. The first-order valence-electron chi connectivity index (χ1n) is 7.69. The molecule has 0 atom stereocenters. The van der Waals surface area contributed by atoms with E-state index in [0.717, 1.165) is 16.8 Å². The van der Waals surface area contributed by atoms with Gasteiger partial charge in [0, 0.05) is 31.4 Å². The molecular formula is C17H21N5O3. The van der Waals surface area contributed by atoms with Crippen molar-refractivity contribution in [2.24, 2.45) is 10.3 Å². The van der Waals surface area contributed by atoms with Crippen molar-refractivity contribution in [1.29, 1.82) is 5.53 Å². The Balaban J connectivity index is 2.32. The molecule has 0 amide bonds. The van der Waals surface area contributed by atoms with Gasteiger partial charge in [0.1, 0.15) is 11.5 Å². The minimum Gasteiger partial charge on any atom is -0.506 e. The zero-order valence-corrected chi connectivity index (χ0v) is 14.4. The van der Waals surface area contributed by atoms with E-state index in [1.165, 1.54) is 12.1 Å². The number of rotatable bonds is 7. The summed E-state index contributed by atoms with van der Waals surface area (Å²) >= 11 is 0. The van der Waals surface area contributed by atoms with Gasteiger partial charge in [0.25, 0.3) is 0 Å². The minimum atomic E-state index is -0.0370. The zero-order chi connectivity index (χ0) is 18.6. The normalized spacial score (nSPS) is 10.4. The average molecular weight is 343 g/mol. The highest BCUT2D eigenvalue weighted by molar-refractivity contribution is 5.76. The molecule has 0 aliphatic heterocycles. The predicted molar refractivity (Wildman–Crippen MR) is 97.7 cm³/mol. The standard InChI is InChI=1S/C17H21N5O3/c1-10-7-13(21-18)11(2)6-12(10)20-14-8-17(24)15(9-16(14)23)22(3)5-4-19-25/h6-9,18,20,23-24H,4-5H2,1-3H3. The maximum absolute atomic E-state index is 10.3. The number of nitrogens with one attached hydrogen (secondary N) is 2. The van der Waals surface area contributed by atoms with Crippen LogP contribution in [-0.2, 0) is 0 Å². The van der Waals surface area contributed by atoms with Gasteiger partial charge in [-0.1, -0.05) is 5.18 Å². The molecule has 0 bridgehead atoms. The summed E-state index contributed by atoms with van der Waals surface area (Å²) in [6.07, 6.45) is 0. The first-order valence-corrected chi connectivity index (χ1v) is 7.69. The van der Waals surface area contributed by atoms with Crippen molar-refractivity contribution >= 4 is 22.7 Å². The molecule has 0 fully saturated rings. The number of hydrogen-bond acceptors (Lipinski definition) is 8. The second-order valence-corrected chi connectivity index (χ2v) is 5.82. The summed E-state index contributed by atoms with van der Waals surface area (Å²) in [6, 6.07) is 6.45. The van der Waals surface area contributed by atoms with Crippen molar-refractivity contribution < 1.29 is 10.2 Å². The molecule has 0 saturated carbocycles. The molecule has 2 rings (SSSR count). The lowest BCUT2D eigenvalue weighted by atomic mass is 10.1. The topological polar surface area (TPSA) is 121 Å². The number of likely N-dealkylation sites (N-methyl/N-ethyl adjacent to an activating group) is 1. The fourth-order valence-corrected chi connectivity index (χ4v) is 2.48. The number of benzene rings is 2. The number of aryl methyl sites for hydroxylation is 2. The van der Waals surface area contributed by atoms with Crippen LogP contribution in [0.15, 0.2) is 34.6 Å². The number of anilines is 3. The molecule has 0 radical (unpaired) electrons. The van der Waals surface area contributed by atoms with Crippen LogP contribution in [-0.4, -0.2) is 30.4 Å². The van der Waals surface area contributed by atoms with E-state index >= 15 is 0 Å². The quantitative estimate of drug-likeness (QED) is 0.258. The zero-order valence-electron chi connectivity index (χ0n) is 14.4. The molecule has 8 heteroatoms. The van der Waals surface area contributed by atoms with E-state index in [9.17, 15) is 15.1 Å². The number of aromatic hydroxyl groups is 2. The molecule has 0 aliphatic carbocycles. The van der Waals surface area contributed by atoms with E-state index in [1.54, 1.807) is 18.0 Å². The van der Waals surface area contributed by atoms with Crippen molar-refractivity contribution in [3.63, 3.8) is 0 Å². The van der Waals surface area contributed by atoms with Crippen LogP contribution in [0.4, 0.5) is 22.7 Å². The average Bonchev–Trinajstić information content (AvgIpc) is 2.58. The monoisotopic (exact) mass is 343 g/mol.